The fraction of sp³-hybridized carbons (Fsp3) is 0.279. The van der Waals surface area contributed by atoms with Gasteiger partial charge in [-0.05, 0) is 34.9 Å². The van der Waals surface area contributed by atoms with Gasteiger partial charge >= 0.3 is 6.03 Å². The molecule has 2 atom stereocenters. The van der Waals surface area contributed by atoms with Crippen molar-refractivity contribution >= 4 is 40.3 Å². The number of benzene rings is 3. The van der Waals surface area contributed by atoms with Crippen molar-refractivity contribution in [3.05, 3.63) is 132 Å². The molecule has 0 saturated carbocycles. The summed E-state index contributed by atoms with van der Waals surface area (Å²) in [6, 6.07) is 23.3. The third kappa shape index (κ3) is 10.2. The number of carbonyl (C=O) groups excluding carboxylic acids is 4. The van der Waals surface area contributed by atoms with Crippen LogP contribution in [0.25, 0.3) is 10.9 Å². The number of methoxy groups -OCH3 is 1. The maximum absolute atomic E-state index is 14.6. The van der Waals surface area contributed by atoms with E-state index in [9.17, 15) is 24.3 Å². The molecule has 6 rings (SSSR count). The Labute approximate surface area is 336 Å². The highest BCUT2D eigenvalue weighted by atomic mass is 16.5. The highest BCUT2D eigenvalue weighted by Gasteiger charge is 2.44. The lowest BCUT2D eigenvalue weighted by Crippen LogP contribution is -2.69. The number of urea groups is 1. The largest absolute Gasteiger partial charge is 0.508 e. The number of aromatic nitrogens is 2. The highest BCUT2D eigenvalue weighted by molar-refractivity contribution is 6.13. The van der Waals surface area contributed by atoms with E-state index < -0.39 is 18.2 Å². The first-order valence-corrected chi connectivity index (χ1v) is 18.9. The van der Waals surface area contributed by atoms with Crippen LogP contribution in [0.4, 0.5) is 10.5 Å². The maximum Gasteiger partial charge on any atom is 0.316 e. The number of nitrogens with one attached hydrogen (secondary N) is 4. The van der Waals surface area contributed by atoms with E-state index in [0.29, 0.717) is 47.8 Å². The second-order valence-electron chi connectivity index (χ2n) is 13.8. The van der Waals surface area contributed by atoms with Crippen molar-refractivity contribution < 1.29 is 33.8 Å². The number of amides is 5. The van der Waals surface area contributed by atoms with Gasteiger partial charge in [0.25, 0.3) is 5.91 Å². The second-order valence-corrected chi connectivity index (χ2v) is 13.8. The number of pyridine rings is 1. The fourth-order valence-electron chi connectivity index (χ4n) is 6.97. The van der Waals surface area contributed by atoms with E-state index in [1.165, 1.54) is 23.2 Å². The molecule has 302 valence electrons. The van der Waals surface area contributed by atoms with Gasteiger partial charge in [-0.25, -0.2) is 9.78 Å². The molecule has 1 fully saturated rings. The van der Waals surface area contributed by atoms with E-state index in [-0.39, 0.29) is 56.1 Å². The summed E-state index contributed by atoms with van der Waals surface area (Å²) >= 11 is 0. The molecule has 5 aromatic rings. The highest BCUT2D eigenvalue weighted by Crippen LogP contribution is 2.29. The van der Waals surface area contributed by atoms with Gasteiger partial charge in [-0.3, -0.25) is 14.4 Å². The lowest BCUT2D eigenvalue weighted by molar-refractivity contribution is -0.156. The number of carbonyl (C=O) groups is 4. The van der Waals surface area contributed by atoms with Crippen molar-refractivity contribution in [1.82, 2.24) is 35.3 Å². The maximum atomic E-state index is 14.6. The van der Waals surface area contributed by atoms with E-state index in [1.807, 2.05) is 60.1 Å². The Kier molecular flexibility index (Phi) is 13.7. The predicted octanol–water partition coefficient (Wildman–Crippen LogP) is 3.94. The van der Waals surface area contributed by atoms with Gasteiger partial charge in [0, 0.05) is 57.9 Å². The first-order valence-electron chi connectivity index (χ1n) is 18.9. The number of rotatable bonds is 17. The van der Waals surface area contributed by atoms with Gasteiger partial charge in [-0.2, -0.15) is 0 Å². The summed E-state index contributed by atoms with van der Waals surface area (Å²) < 4.78 is 12.4. The molecular formula is C43H48N8O7. The fourth-order valence-corrected chi connectivity index (χ4v) is 6.97. The smallest absolute Gasteiger partial charge is 0.316 e. The van der Waals surface area contributed by atoms with Crippen molar-refractivity contribution in [2.75, 3.05) is 45.3 Å². The monoisotopic (exact) mass is 788 g/mol. The molecule has 15 nitrogen and oxygen atoms in total. The van der Waals surface area contributed by atoms with Crippen LogP contribution >= 0.6 is 0 Å². The lowest BCUT2D eigenvalue weighted by atomic mass is 9.98. The van der Waals surface area contributed by atoms with E-state index in [0.717, 1.165) is 16.6 Å². The summed E-state index contributed by atoms with van der Waals surface area (Å²) in [5, 5.41) is 22.4. The van der Waals surface area contributed by atoms with Crippen molar-refractivity contribution in [1.29, 1.82) is 0 Å². The Hall–Kier alpha value is -6.71. The molecule has 1 aliphatic heterocycles. The number of anilines is 1. The average Bonchev–Trinajstić information content (AvgIpc) is 3.57. The number of phenolic OH excluding ortho intramolecular Hbond substituents is 1. The minimum Gasteiger partial charge on any atom is -0.508 e. The molecule has 0 bridgehead atoms. The van der Waals surface area contributed by atoms with Crippen LogP contribution in [0.15, 0.2) is 110 Å². The zero-order chi connectivity index (χ0) is 41.0. The van der Waals surface area contributed by atoms with Gasteiger partial charge in [0.05, 0.1) is 42.7 Å². The van der Waals surface area contributed by atoms with Crippen LogP contribution in [0, 0.1) is 0 Å². The summed E-state index contributed by atoms with van der Waals surface area (Å²) in [6.07, 6.45) is 4.10. The molecule has 3 aromatic carbocycles. The van der Waals surface area contributed by atoms with Crippen molar-refractivity contribution in [3.63, 3.8) is 0 Å². The quantitative estimate of drug-likeness (QED) is 0.0690. The molecule has 5 amide bonds. The number of piperazine rings is 1. The number of hydrogen-bond donors (Lipinski definition) is 5. The molecule has 0 radical (unpaired) electrons. The topological polar surface area (TPSA) is 179 Å². The van der Waals surface area contributed by atoms with E-state index in [1.54, 1.807) is 48.5 Å². The molecule has 0 spiro atoms. The molecule has 15 heteroatoms. The molecule has 58 heavy (non-hydrogen) atoms. The first-order chi connectivity index (χ1) is 28.1. The third-order valence-corrected chi connectivity index (χ3v) is 9.70. The van der Waals surface area contributed by atoms with E-state index in [4.69, 9.17) is 9.47 Å². The van der Waals surface area contributed by atoms with Crippen molar-refractivity contribution in [2.45, 2.75) is 31.7 Å². The number of phenols is 1. The zero-order valence-electron chi connectivity index (χ0n) is 32.5. The van der Waals surface area contributed by atoms with E-state index in [2.05, 4.69) is 32.8 Å². The van der Waals surface area contributed by atoms with Gasteiger partial charge in [0.1, 0.15) is 24.6 Å². The van der Waals surface area contributed by atoms with Gasteiger partial charge in [-0.1, -0.05) is 66.7 Å². The molecule has 3 heterocycles. The minimum absolute atomic E-state index is 0.0107. The van der Waals surface area contributed by atoms with Crippen LogP contribution in [0.1, 0.15) is 27.0 Å². The summed E-state index contributed by atoms with van der Waals surface area (Å²) in [4.78, 5) is 63.1. The average molecular weight is 789 g/mol. The number of ether oxygens (including phenoxy) is 2. The zero-order valence-corrected chi connectivity index (χ0v) is 32.5. The van der Waals surface area contributed by atoms with Crippen LogP contribution in [0.2, 0.25) is 0 Å². The normalized spacial score (nSPS) is 15.2. The summed E-state index contributed by atoms with van der Waals surface area (Å²) in [5.74, 6) is -0.567. The molecule has 2 aromatic heterocycles. The molecule has 0 aliphatic carbocycles. The Bertz CT molecular complexity index is 2210. The molecule has 0 unspecified atom stereocenters. The molecule has 1 aliphatic rings. The van der Waals surface area contributed by atoms with Gasteiger partial charge in [-0.15, -0.1) is 6.58 Å². The first kappa shape index (κ1) is 40.9. The van der Waals surface area contributed by atoms with Crippen molar-refractivity contribution in [3.8, 4) is 11.6 Å². The Balaban J connectivity index is 1.28. The SMILES string of the molecule is C=CCNCC(=O)N1[C@@H](NC(=O)NCc2ccccc2)CN(Cc2cccc3c(C(=O)Nc4ccc(OCCOC)nc4)cn(C)c23)C(=O)[C@@H]1Cc1ccc(O)cc1. The van der Waals surface area contributed by atoms with Crippen LogP contribution in [0.3, 0.4) is 0 Å². The Morgan fingerprint density at radius 2 is 1.78 bits per heavy atom. The molecule has 1 saturated heterocycles. The second kappa shape index (κ2) is 19.4. The van der Waals surface area contributed by atoms with E-state index >= 15 is 0 Å². The molecule has 5 N–H and O–H groups in total. The molecular weight excluding hydrogens is 741 g/mol. The Morgan fingerprint density at radius 3 is 2.50 bits per heavy atom. The van der Waals surface area contributed by atoms with Gasteiger partial charge in [0.15, 0.2) is 0 Å². The van der Waals surface area contributed by atoms with Crippen LogP contribution < -0.4 is 26.0 Å². The predicted molar refractivity (Wildman–Crippen MR) is 219 cm³/mol. The van der Waals surface area contributed by atoms with Crippen molar-refractivity contribution in [2.24, 2.45) is 7.05 Å². The lowest BCUT2D eigenvalue weighted by Gasteiger charge is -2.46. The number of nitrogens with zero attached hydrogens (tertiary/aromatic N) is 4. The van der Waals surface area contributed by atoms with Gasteiger partial charge < -0.3 is 50.2 Å². The van der Waals surface area contributed by atoms with Crippen LogP contribution in [-0.2, 0) is 40.9 Å². The van der Waals surface area contributed by atoms with Crippen LogP contribution in [0.5, 0.6) is 11.6 Å². The Morgan fingerprint density at radius 1 is 0.983 bits per heavy atom. The number of para-hydroxylation sites is 1. The van der Waals surface area contributed by atoms with Gasteiger partial charge in [0.2, 0.25) is 17.7 Å². The standard InChI is InChI=1S/C43H48N8O7/c1-4-19-44-25-39(53)51-36(22-29-13-16-33(52)17-14-29)42(55)50(28-37(51)48-43(56)46-23-30-9-6-5-7-10-30)26-31-11-8-12-34-35(27-49(2)40(31)34)41(54)47-32-15-18-38(45-24-32)58-21-20-57-3/h4-18,24,27,36-37,44,52H,1,19-23,25-26,28H2,2-3H3,(H,47,54)(H2,46,48,56)/t36-,37+/m0/s1. The number of aryl methyl sites for hydroxylation is 1. The number of aromatic hydroxyl groups is 1. The number of fused-ring (bicyclic) bond motifs is 1. The minimum atomic E-state index is -1.00. The van der Waals surface area contributed by atoms with Crippen LogP contribution in [-0.4, -0.2) is 100 Å². The number of hydrogen-bond acceptors (Lipinski definition) is 9. The summed E-state index contributed by atoms with van der Waals surface area (Å²) in [5.41, 5.74) is 4.02. The summed E-state index contributed by atoms with van der Waals surface area (Å²) in [7, 11) is 3.42. The summed E-state index contributed by atoms with van der Waals surface area (Å²) in [6.45, 7) is 5.12. The third-order valence-electron chi connectivity index (χ3n) is 9.70.